The van der Waals surface area contributed by atoms with Gasteiger partial charge in [-0.1, -0.05) is 18.2 Å². The summed E-state index contributed by atoms with van der Waals surface area (Å²) in [7, 11) is 1.94. The van der Waals surface area contributed by atoms with Crippen molar-refractivity contribution < 1.29 is 0 Å². The number of nitrogens with zero attached hydrogens (tertiary/aromatic N) is 5. The average Bonchev–Trinajstić information content (AvgIpc) is 3.46. The zero-order valence-corrected chi connectivity index (χ0v) is 20.5. The van der Waals surface area contributed by atoms with Crippen LogP contribution in [0.2, 0.25) is 0 Å². The first-order valence-electron chi connectivity index (χ1n) is 10.8. The molecule has 0 unspecified atom stereocenters. The van der Waals surface area contributed by atoms with Crippen LogP contribution in [0.4, 0.5) is 5.13 Å². The summed E-state index contributed by atoms with van der Waals surface area (Å²) in [6.45, 7) is 8.25. The van der Waals surface area contributed by atoms with E-state index in [1.165, 1.54) is 0 Å². The van der Waals surface area contributed by atoms with Crippen LogP contribution in [0, 0.1) is 20.8 Å². The van der Waals surface area contributed by atoms with Gasteiger partial charge in [-0.15, -0.1) is 11.3 Å². The minimum atomic E-state index is -0.0191. The molecule has 0 N–H and O–H groups in total. The van der Waals surface area contributed by atoms with Gasteiger partial charge in [-0.2, -0.15) is 11.8 Å². The molecule has 1 aliphatic heterocycles. The lowest BCUT2D eigenvalue weighted by atomic mass is 10.2. The molecule has 4 aromatic rings. The third kappa shape index (κ3) is 3.42. The molecule has 0 spiro atoms. The molecule has 1 aromatic carbocycles. The summed E-state index contributed by atoms with van der Waals surface area (Å²) < 4.78 is 5.75. The molecule has 1 saturated heterocycles. The lowest BCUT2D eigenvalue weighted by Crippen LogP contribution is -2.32. The quantitative estimate of drug-likeness (QED) is 0.443. The molecule has 0 aliphatic carbocycles. The molecule has 0 amide bonds. The minimum absolute atomic E-state index is 0.0191. The Balaban J connectivity index is 1.59. The molecule has 0 radical (unpaired) electrons. The summed E-state index contributed by atoms with van der Waals surface area (Å²) in [6, 6.07) is 11.9. The summed E-state index contributed by atoms with van der Waals surface area (Å²) in [5.41, 5.74) is 6.62. The molecule has 32 heavy (non-hydrogen) atoms. The number of benzene rings is 1. The Bertz CT molecular complexity index is 1320. The highest BCUT2D eigenvalue weighted by molar-refractivity contribution is 7.99. The summed E-state index contributed by atoms with van der Waals surface area (Å²) in [4.78, 5) is 20.9. The number of para-hydroxylation sites is 1. The van der Waals surface area contributed by atoms with E-state index in [0.717, 1.165) is 63.8 Å². The Kier molecular flexibility index (Phi) is 5.51. The van der Waals surface area contributed by atoms with Crippen molar-refractivity contribution in [2.45, 2.75) is 20.8 Å². The maximum absolute atomic E-state index is 13.6. The van der Waals surface area contributed by atoms with Gasteiger partial charge in [0.05, 0.1) is 17.1 Å². The van der Waals surface area contributed by atoms with Crippen molar-refractivity contribution >= 4 is 28.2 Å². The molecule has 8 heteroatoms. The van der Waals surface area contributed by atoms with Crippen LogP contribution in [0.3, 0.4) is 0 Å². The van der Waals surface area contributed by atoms with Gasteiger partial charge in [0.1, 0.15) is 5.69 Å². The first-order valence-corrected chi connectivity index (χ1v) is 12.8. The van der Waals surface area contributed by atoms with Gasteiger partial charge in [-0.05, 0) is 39.0 Å². The molecule has 5 rings (SSSR count). The van der Waals surface area contributed by atoms with Gasteiger partial charge in [0, 0.05) is 54.0 Å². The smallest absolute Gasteiger partial charge is 0.295 e. The van der Waals surface area contributed by atoms with E-state index in [0.29, 0.717) is 5.69 Å². The van der Waals surface area contributed by atoms with Crippen LogP contribution in [0.5, 0.6) is 0 Å². The van der Waals surface area contributed by atoms with Crippen molar-refractivity contribution in [3.05, 3.63) is 69.2 Å². The third-order valence-corrected chi connectivity index (χ3v) is 8.07. The highest BCUT2D eigenvalue weighted by Gasteiger charge is 2.23. The first kappa shape index (κ1) is 21.2. The van der Waals surface area contributed by atoms with Crippen LogP contribution in [-0.2, 0) is 7.05 Å². The Morgan fingerprint density at radius 2 is 1.72 bits per heavy atom. The van der Waals surface area contributed by atoms with E-state index < -0.39 is 0 Å². The van der Waals surface area contributed by atoms with Crippen LogP contribution in [-0.4, -0.2) is 43.5 Å². The van der Waals surface area contributed by atoms with E-state index in [2.05, 4.69) is 34.8 Å². The molecule has 6 nitrogen and oxygen atoms in total. The van der Waals surface area contributed by atoms with E-state index in [1.54, 1.807) is 16.0 Å². The number of hydrogen-bond acceptors (Lipinski definition) is 5. The number of rotatable bonds is 4. The largest absolute Gasteiger partial charge is 0.346 e. The summed E-state index contributed by atoms with van der Waals surface area (Å²) >= 11 is 3.71. The number of anilines is 1. The van der Waals surface area contributed by atoms with Crippen molar-refractivity contribution in [2.75, 3.05) is 29.5 Å². The Labute approximate surface area is 196 Å². The third-order valence-electron chi connectivity index (χ3n) is 6.23. The Morgan fingerprint density at radius 3 is 2.44 bits per heavy atom. The van der Waals surface area contributed by atoms with Crippen LogP contribution < -0.4 is 10.5 Å². The van der Waals surface area contributed by atoms with Gasteiger partial charge >= 0.3 is 0 Å². The monoisotopic (exact) mass is 465 g/mol. The number of hydrogen-bond donors (Lipinski definition) is 0. The maximum Gasteiger partial charge on any atom is 0.295 e. The second-order valence-electron chi connectivity index (χ2n) is 8.15. The van der Waals surface area contributed by atoms with Crippen molar-refractivity contribution in [1.29, 1.82) is 0 Å². The predicted octanol–water partition coefficient (Wildman–Crippen LogP) is 4.57. The van der Waals surface area contributed by atoms with E-state index in [1.807, 2.05) is 60.7 Å². The van der Waals surface area contributed by atoms with E-state index >= 15 is 0 Å². The molecule has 0 atom stereocenters. The Hall–Kier alpha value is -2.71. The molecule has 4 heterocycles. The van der Waals surface area contributed by atoms with Crippen molar-refractivity contribution in [1.82, 2.24) is 18.9 Å². The molecule has 166 valence electrons. The molecule has 3 aromatic heterocycles. The van der Waals surface area contributed by atoms with Gasteiger partial charge < -0.3 is 9.47 Å². The predicted molar refractivity (Wildman–Crippen MR) is 135 cm³/mol. The SMILES string of the molecule is Cc1cc(-c2csc(N3CCSCC3)n2)c(C)n1-c1c(C)n(C)n(-c2ccccc2)c1=O. The number of aryl methyl sites for hydroxylation is 1. The van der Waals surface area contributed by atoms with Crippen LogP contribution in [0.15, 0.2) is 46.6 Å². The first-order chi connectivity index (χ1) is 15.5. The highest BCUT2D eigenvalue weighted by atomic mass is 32.2. The van der Waals surface area contributed by atoms with Crippen LogP contribution in [0.1, 0.15) is 17.1 Å². The maximum atomic E-state index is 13.6. The zero-order chi connectivity index (χ0) is 22.4. The second-order valence-corrected chi connectivity index (χ2v) is 10.2. The fourth-order valence-electron chi connectivity index (χ4n) is 4.47. The van der Waals surface area contributed by atoms with E-state index in [9.17, 15) is 4.79 Å². The number of aromatic nitrogens is 4. The number of thioether (sulfide) groups is 1. The molecule has 1 aliphatic rings. The van der Waals surface area contributed by atoms with Gasteiger partial charge in [0.15, 0.2) is 5.13 Å². The zero-order valence-electron chi connectivity index (χ0n) is 18.8. The lowest BCUT2D eigenvalue weighted by molar-refractivity contribution is 0.630. The van der Waals surface area contributed by atoms with E-state index in [4.69, 9.17) is 4.98 Å². The summed E-state index contributed by atoms with van der Waals surface area (Å²) in [5.74, 6) is 2.31. The van der Waals surface area contributed by atoms with Crippen molar-refractivity contribution in [3.8, 4) is 22.6 Å². The topological polar surface area (TPSA) is 48.0 Å². The second kappa shape index (κ2) is 8.33. The van der Waals surface area contributed by atoms with Gasteiger partial charge in [0.2, 0.25) is 0 Å². The average molecular weight is 466 g/mol. The van der Waals surface area contributed by atoms with Crippen molar-refractivity contribution in [3.63, 3.8) is 0 Å². The van der Waals surface area contributed by atoms with Crippen LogP contribution >= 0.6 is 23.1 Å². The fraction of sp³-hybridized carbons (Fsp3) is 0.333. The lowest BCUT2D eigenvalue weighted by Gasteiger charge is -2.25. The summed E-state index contributed by atoms with van der Waals surface area (Å²) in [5, 5.41) is 3.23. The van der Waals surface area contributed by atoms with E-state index in [-0.39, 0.29) is 5.56 Å². The standard InChI is InChI=1S/C24H27N5OS2/c1-16-14-20(21-15-32-24(25-21)27-10-12-31-13-11-27)17(2)28(16)22-18(3)26(4)29(23(22)30)19-8-6-5-7-9-19/h5-9,14-15H,10-13H2,1-4H3. The number of thiazole rings is 1. The van der Waals surface area contributed by atoms with Crippen molar-refractivity contribution in [2.24, 2.45) is 7.05 Å². The molecule has 0 bridgehead atoms. The van der Waals surface area contributed by atoms with Gasteiger partial charge in [0.25, 0.3) is 5.56 Å². The molecule has 1 fully saturated rings. The molecular weight excluding hydrogens is 438 g/mol. The van der Waals surface area contributed by atoms with Gasteiger partial charge in [-0.25, -0.2) is 9.67 Å². The fourth-order valence-corrected chi connectivity index (χ4v) is 6.25. The summed E-state index contributed by atoms with van der Waals surface area (Å²) in [6.07, 6.45) is 0. The molecule has 0 saturated carbocycles. The minimum Gasteiger partial charge on any atom is -0.346 e. The Morgan fingerprint density at radius 1 is 1.00 bits per heavy atom. The normalized spacial score (nSPS) is 14.3. The van der Waals surface area contributed by atoms with Crippen LogP contribution in [0.25, 0.3) is 22.6 Å². The molecular formula is C24H27N5OS2. The highest BCUT2D eigenvalue weighted by Crippen LogP contribution is 2.33. The van der Waals surface area contributed by atoms with Gasteiger partial charge in [-0.3, -0.25) is 9.48 Å².